The van der Waals surface area contributed by atoms with Gasteiger partial charge in [0.05, 0.1) is 21.0 Å². The molecule has 2 amide bonds. The second-order valence-electron chi connectivity index (χ2n) is 4.81. The molecule has 0 aliphatic carbocycles. The number of phenolic OH excluding ortho intramolecular Hbond substituents is 1. The van der Waals surface area contributed by atoms with Crippen molar-refractivity contribution in [1.82, 2.24) is 4.90 Å². The van der Waals surface area contributed by atoms with Gasteiger partial charge in [-0.1, -0.05) is 11.6 Å². The lowest BCUT2D eigenvalue weighted by Gasteiger charge is -2.19. The van der Waals surface area contributed by atoms with Crippen LogP contribution in [0.25, 0.3) is 6.08 Å². The van der Waals surface area contributed by atoms with Gasteiger partial charge in [0.15, 0.2) is 0 Å². The van der Waals surface area contributed by atoms with E-state index in [2.05, 4.69) is 15.9 Å². The van der Waals surface area contributed by atoms with Gasteiger partial charge >= 0.3 is 5.97 Å². The zero-order valence-corrected chi connectivity index (χ0v) is 15.9. The minimum Gasteiger partial charge on any atom is -0.505 e. The largest absolute Gasteiger partial charge is 0.505 e. The zero-order valence-electron chi connectivity index (χ0n) is 12.7. The fourth-order valence-electron chi connectivity index (χ4n) is 2.00. The van der Waals surface area contributed by atoms with Gasteiger partial charge in [0, 0.05) is 0 Å². The van der Waals surface area contributed by atoms with Crippen LogP contribution in [0.4, 0.5) is 4.79 Å². The van der Waals surface area contributed by atoms with Crippen LogP contribution < -0.4 is 0 Å². The van der Waals surface area contributed by atoms with Gasteiger partial charge in [-0.05, 0) is 65.3 Å². The quantitative estimate of drug-likeness (QED) is 0.573. The number of rotatable bonds is 4. The molecule has 0 spiro atoms. The Labute approximate surface area is 155 Å². The third kappa shape index (κ3) is 3.76. The van der Waals surface area contributed by atoms with Crippen molar-refractivity contribution in [3.8, 4) is 5.75 Å². The van der Waals surface area contributed by atoms with Crippen molar-refractivity contribution in [2.24, 2.45) is 0 Å². The van der Waals surface area contributed by atoms with Crippen molar-refractivity contribution in [2.75, 3.05) is 6.61 Å². The van der Waals surface area contributed by atoms with Gasteiger partial charge in [0.25, 0.3) is 11.1 Å². The molecule has 6 nitrogen and oxygen atoms in total. The maximum Gasteiger partial charge on any atom is 0.329 e. The zero-order chi connectivity index (χ0) is 18.0. The summed E-state index contributed by atoms with van der Waals surface area (Å²) >= 11 is 9.76. The lowest BCUT2D eigenvalue weighted by Crippen LogP contribution is -2.42. The average molecular weight is 435 g/mol. The first-order chi connectivity index (χ1) is 11.3. The van der Waals surface area contributed by atoms with Crippen LogP contribution in [-0.2, 0) is 14.3 Å². The third-order valence-electron chi connectivity index (χ3n) is 3.18. The molecule has 128 valence electrons. The van der Waals surface area contributed by atoms with E-state index in [1.54, 1.807) is 13.0 Å². The smallest absolute Gasteiger partial charge is 0.329 e. The summed E-state index contributed by atoms with van der Waals surface area (Å²) in [6.45, 7) is 3.24. The Kier molecular flexibility index (Phi) is 5.95. The first-order valence-electron chi connectivity index (χ1n) is 6.88. The maximum atomic E-state index is 12.4. The number of phenols is 1. The summed E-state index contributed by atoms with van der Waals surface area (Å²) in [4.78, 5) is 37.3. The Morgan fingerprint density at radius 2 is 2.17 bits per heavy atom. The molecule has 1 fully saturated rings. The van der Waals surface area contributed by atoms with Crippen molar-refractivity contribution >= 4 is 62.5 Å². The number of benzene rings is 1. The van der Waals surface area contributed by atoms with Gasteiger partial charge in [-0.25, -0.2) is 4.79 Å². The van der Waals surface area contributed by atoms with E-state index in [0.717, 1.165) is 16.7 Å². The fraction of sp³-hybridized carbons (Fsp3) is 0.267. The molecule has 0 aromatic heterocycles. The first kappa shape index (κ1) is 18.8. The molecule has 0 radical (unpaired) electrons. The first-order valence-corrected chi connectivity index (χ1v) is 8.86. The minimum absolute atomic E-state index is 0.106. The van der Waals surface area contributed by atoms with Crippen LogP contribution in [0.2, 0.25) is 5.02 Å². The minimum atomic E-state index is -1.00. The highest BCUT2D eigenvalue weighted by atomic mass is 79.9. The number of carbonyl (C=O) groups is 3. The number of aromatic hydroxyl groups is 1. The monoisotopic (exact) mass is 433 g/mol. The van der Waals surface area contributed by atoms with Gasteiger partial charge in [-0.2, -0.15) is 0 Å². The number of hydrogen-bond donors (Lipinski definition) is 1. The molecule has 1 aromatic rings. The number of imide groups is 1. The number of ether oxygens (including phenoxy) is 1. The van der Waals surface area contributed by atoms with E-state index in [4.69, 9.17) is 16.3 Å². The van der Waals surface area contributed by atoms with Crippen LogP contribution in [0.1, 0.15) is 19.4 Å². The molecule has 0 unspecified atom stereocenters. The van der Waals surface area contributed by atoms with Crippen LogP contribution in [0.3, 0.4) is 0 Å². The fourth-order valence-corrected chi connectivity index (χ4v) is 3.73. The van der Waals surface area contributed by atoms with Crippen molar-refractivity contribution < 1.29 is 24.2 Å². The number of nitrogens with zero attached hydrogens (tertiary/aromatic N) is 1. The SMILES string of the molecule is CCOC(=O)[C@H](C)N1C(=O)S/C(=C/c2cc(Cl)c(O)c(Br)c2)C1=O. The van der Waals surface area contributed by atoms with Crippen molar-refractivity contribution in [2.45, 2.75) is 19.9 Å². The summed E-state index contributed by atoms with van der Waals surface area (Å²) in [7, 11) is 0. The second kappa shape index (κ2) is 7.58. The predicted octanol–water partition coefficient (Wildman–Crippen LogP) is 3.80. The lowest BCUT2D eigenvalue weighted by atomic mass is 10.2. The van der Waals surface area contributed by atoms with Crippen molar-refractivity contribution in [3.63, 3.8) is 0 Å². The predicted molar refractivity (Wildman–Crippen MR) is 94.7 cm³/mol. The summed E-state index contributed by atoms with van der Waals surface area (Å²) in [6, 6.07) is 2.02. The van der Waals surface area contributed by atoms with Gasteiger partial charge in [0.1, 0.15) is 11.8 Å². The summed E-state index contributed by atoms with van der Waals surface area (Å²) in [5, 5.41) is 9.19. The number of amides is 2. The van der Waals surface area contributed by atoms with Crippen LogP contribution in [0, 0.1) is 0 Å². The van der Waals surface area contributed by atoms with Crippen LogP contribution in [-0.4, -0.2) is 39.8 Å². The molecule has 0 saturated carbocycles. The Balaban J connectivity index is 2.30. The average Bonchev–Trinajstić information content (AvgIpc) is 2.78. The molecule has 1 aromatic carbocycles. The van der Waals surface area contributed by atoms with Crippen LogP contribution in [0.5, 0.6) is 5.75 Å². The molecule has 1 saturated heterocycles. The number of carbonyl (C=O) groups excluding carboxylic acids is 3. The molecule has 1 aliphatic rings. The van der Waals surface area contributed by atoms with E-state index in [9.17, 15) is 19.5 Å². The van der Waals surface area contributed by atoms with Crippen LogP contribution >= 0.6 is 39.3 Å². The maximum absolute atomic E-state index is 12.4. The lowest BCUT2D eigenvalue weighted by molar-refractivity contribution is -0.150. The standard InChI is InChI=1S/C15H13BrClNO5S/c1-3-23-14(21)7(2)18-13(20)11(24-15(18)22)6-8-4-9(16)12(19)10(17)5-8/h4-7,19H,3H2,1-2H3/b11-6+/t7-/m0/s1. The molecule has 9 heteroatoms. The van der Waals surface area contributed by atoms with E-state index in [1.807, 2.05) is 0 Å². The van der Waals surface area contributed by atoms with Gasteiger partial charge in [0.2, 0.25) is 0 Å². The molecule has 1 N–H and O–H groups in total. The highest BCUT2D eigenvalue weighted by molar-refractivity contribution is 9.10. The van der Waals surface area contributed by atoms with Crippen molar-refractivity contribution in [1.29, 1.82) is 0 Å². The number of thioether (sulfide) groups is 1. The Bertz CT molecular complexity index is 728. The van der Waals surface area contributed by atoms with Gasteiger partial charge in [-0.3, -0.25) is 14.5 Å². The normalized spacial score (nSPS) is 17.5. The number of halogens is 2. The second-order valence-corrected chi connectivity index (χ2v) is 7.07. The van der Waals surface area contributed by atoms with Crippen molar-refractivity contribution in [3.05, 3.63) is 32.1 Å². The highest BCUT2D eigenvalue weighted by Gasteiger charge is 2.41. The van der Waals surface area contributed by atoms with E-state index in [-0.39, 0.29) is 22.3 Å². The van der Waals surface area contributed by atoms with Gasteiger partial charge < -0.3 is 9.84 Å². The van der Waals surface area contributed by atoms with E-state index in [1.165, 1.54) is 19.1 Å². The van der Waals surface area contributed by atoms with E-state index >= 15 is 0 Å². The summed E-state index contributed by atoms with van der Waals surface area (Å²) in [6.07, 6.45) is 1.47. The van der Waals surface area contributed by atoms with E-state index in [0.29, 0.717) is 10.0 Å². The van der Waals surface area contributed by atoms with E-state index < -0.39 is 23.2 Å². The highest BCUT2D eigenvalue weighted by Crippen LogP contribution is 2.37. The Morgan fingerprint density at radius 1 is 1.50 bits per heavy atom. The number of esters is 1. The summed E-state index contributed by atoms with van der Waals surface area (Å²) in [5.74, 6) is -1.33. The molecular formula is C15H13BrClNO5S. The van der Waals surface area contributed by atoms with Gasteiger partial charge in [-0.15, -0.1) is 0 Å². The molecule has 1 aliphatic heterocycles. The number of hydrogen-bond acceptors (Lipinski definition) is 6. The topological polar surface area (TPSA) is 83.9 Å². The third-order valence-corrected chi connectivity index (χ3v) is 4.95. The molecule has 24 heavy (non-hydrogen) atoms. The summed E-state index contributed by atoms with van der Waals surface area (Å²) < 4.78 is 5.21. The summed E-state index contributed by atoms with van der Waals surface area (Å²) in [5.41, 5.74) is 0.527. The molecule has 1 heterocycles. The molecule has 2 rings (SSSR count). The van der Waals surface area contributed by atoms with Crippen LogP contribution in [0.15, 0.2) is 21.5 Å². The Hall–Kier alpha value is -1.51. The molecular weight excluding hydrogens is 422 g/mol. The molecule has 0 bridgehead atoms. The Morgan fingerprint density at radius 3 is 2.75 bits per heavy atom. The molecule has 1 atom stereocenters.